The maximum atomic E-state index is 13.5. The van der Waals surface area contributed by atoms with Crippen LogP contribution in [0.1, 0.15) is 52.0 Å². The summed E-state index contributed by atoms with van der Waals surface area (Å²) in [7, 11) is 0. The maximum Gasteiger partial charge on any atom is 0.270 e. The van der Waals surface area contributed by atoms with Gasteiger partial charge in [-0.3, -0.25) is 24.5 Å². The average Bonchev–Trinajstić information content (AvgIpc) is 3.30. The highest BCUT2D eigenvalue weighted by atomic mass is 16.6. The van der Waals surface area contributed by atoms with Gasteiger partial charge >= 0.3 is 0 Å². The number of hydrogen-bond acceptors (Lipinski definition) is 6. The van der Waals surface area contributed by atoms with Crippen LogP contribution >= 0.6 is 0 Å². The van der Waals surface area contributed by atoms with Gasteiger partial charge in [-0.15, -0.1) is 0 Å². The van der Waals surface area contributed by atoms with Crippen molar-refractivity contribution in [2.75, 3.05) is 13.1 Å². The lowest BCUT2D eigenvalue weighted by Gasteiger charge is -2.32. The molecule has 2 aromatic carbocycles. The molecule has 1 heterocycles. The van der Waals surface area contributed by atoms with Crippen molar-refractivity contribution >= 4 is 23.4 Å². The van der Waals surface area contributed by atoms with Gasteiger partial charge in [0.05, 0.1) is 4.92 Å². The van der Waals surface area contributed by atoms with E-state index >= 15 is 0 Å². The molecule has 1 saturated heterocycles. The summed E-state index contributed by atoms with van der Waals surface area (Å²) >= 11 is 0. The zero-order valence-corrected chi connectivity index (χ0v) is 19.6. The van der Waals surface area contributed by atoms with Crippen LogP contribution in [0, 0.1) is 17.0 Å². The summed E-state index contributed by atoms with van der Waals surface area (Å²) in [5, 5.41) is 14.2. The van der Waals surface area contributed by atoms with Crippen molar-refractivity contribution in [3.8, 4) is 0 Å². The molecule has 10 nitrogen and oxygen atoms in total. The van der Waals surface area contributed by atoms with E-state index in [-0.39, 0.29) is 42.3 Å². The molecule has 0 bridgehead atoms. The number of aryl methyl sites for hydroxylation is 1. The topological polar surface area (TPSA) is 139 Å². The Balaban J connectivity index is 1.61. The van der Waals surface area contributed by atoms with Crippen molar-refractivity contribution in [3.05, 3.63) is 75.3 Å². The average molecular weight is 480 g/mol. The number of carbonyl (C=O) groups excluding carboxylic acids is 3. The van der Waals surface area contributed by atoms with Crippen LogP contribution in [0.3, 0.4) is 0 Å². The Kier molecular flexibility index (Phi) is 7.11. The number of benzene rings is 2. The van der Waals surface area contributed by atoms with Gasteiger partial charge in [0.2, 0.25) is 0 Å². The van der Waals surface area contributed by atoms with E-state index in [0.29, 0.717) is 5.56 Å². The van der Waals surface area contributed by atoms with Gasteiger partial charge < -0.3 is 20.9 Å². The molecule has 3 N–H and O–H groups in total. The Labute approximate surface area is 203 Å². The highest BCUT2D eigenvalue weighted by Gasteiger charge is 2.44. The minimum atomic E-state index is -1.16. The normalized spacial score (nSPS) is 22.1. The van der Waals surface area contributed by atoms with Crippen LogP contribution in [-0.2, 0) is 4.79 Å². The number of amides is 3. The fourth-order valence-corrected chi connectivity index (χ4v) is 4.66. The Morgan fingerprint density at radius 2 is 1.54 bits per heavy atom. The van der Waals surface area contributed by atoms with E-state index in [4.69, 9.17) is 5.73 Å². The van der Waals surface area contributed by atoms with Crippen LogP contribution in [0.15, 0.2) is 48.5 Å². The van der Waals surface area contributed by atoms with Crippen molar-refractivity contribution < 1.29 is 19.3 Å². The lowest BCUT2D eigenvalue weighted by molar-refractivity contribution is -0.384. The zero-order chi connectivity index (χ0) is 25.1. The Morgan fingerprint density at radius 3 is 2.14 bits per heavy atom. The minimum absolute atomic E-state index is 0.0882. The second-order valence-corrected chi connectivity index (χ2v) is 9.16. The zero-order valence-electron chi connectivity index (χ0n) is 19.6. The number of nitro benzene ring substituents is 1. The van der Waals surface area contributed by atoms with E-state index in [9.17, 15) is 24.5 Å². The SMILES string of the molecule is Cc1ccc(C(=O)N2CCN(C(=O)c3cccc([N+](=O)[O-])c3)C2C(=O)NC2CCC(N)CC2)cc1. The number of carbonyl (C=O) groups is 3. The summed E-state index contributed by atoms with van der Waals surface area (Å²) in [5.41, 5.74) is 7.26. The van der Waals surface area contributed by atoms with Crippen molar-refractivity contribution in [3.63, 3.8) is 0 Å². The predicted octanol–water partition coefficient (Wildman–Crippen LogP) is 2.21. The number of rotatable bonds is 5. The lowest BCUT2D eigenvalue weighted by Crippen LogP contribution is -2.56. The van der Waals surface area contributed by atoms with Gasteiger partial charge in [-0.25, -0.2) is 0 Å². The van der Waals surface area contributed by atoms with E-state index in [2.05, 4.69) is 5.32 Å². The first kappa shape index (κ1) is 24.3. The Hall–Kier alpha value is -3.79. The van der Waals surface area contributed by atoms with Crippen molar-refractivity contribution in [1.29, 1.82) is 0 Å². The molecule has 1 aliphatic heterocycles. The van der Waals surface area contributed by atoms with E-state index in [0.717, 1.165) is 31.2 Å². The standard InChI is InChI=1S/C25H29N5O5/c1-16-5-7-17(8-6-16)24(32)28-13-14-29(25(33)18-3-2-4-21(15-18)30(34)35)23(28)22(31)27-20-11-9-19(26)10-12-20/h2-8,15,19-20,23H,9-14,26H2,1H3,(H,27,31). The number of nitrogens with two attached hydrogens (primary N) is 1. The largest absolute Gasteiger partial charge is 0.350 e. The van der Waals surface area contributed by atoms with Crippen molar-refractivity contribution in [2.24, 2.45) is 5.73 Å². The van der Waals surface area contributed by atoms with Gasteiger partial charge in [-0.2, -0.15) is 0 Å². The molecule has 4 rings (SSSR count). The molecule has 3 amide bonds. The summed E-state index contributed by atoms with van der Waals surface area (Å²) in [4.78, 5) is 53.5. The first-order valence-electron chi connectivity index (χ1n) is 11.7. The van der Waals surface area contributed by atoms with E-state index in [1.165, 1.54) is 34.1 Å². The molecule has 2 fully saturated rings. The smallest absolute Gasteiger partial charge is 0.270 e. The molecule has 1 saturated carbocycles. The second-order valence-electron chi connectivity index (χ2n) is 9.16. The summed E-state index contributed by atoms with van der Waals surface area (Å²) < 4.78 is 0. The van der Waals surface area contributed by atoms with Crippen LogP contribution in [-0.4, -0.2) is 63.8 Å². The minimum Gasteiger partial charge on any atom is -0.350 e. The maximum absolute atomic E-state index is 13.5. The van der Waals surface area contributed by atoms with Crippen LogP contribution in [0.4, 0.5) is 5.69 Å². The third-order valence-electron chi connectivity index (χ3n) is 6.65. The van der Waals surface area contributed by atoms with Crippen LogP contribution in [0.25, 0.3) is 0 Å². The Morgan fingerprint density at radius 1 is 0.943 bits per heavy atom. The summed E-state index contributed by atoms with van der Waals surface area (Å²) in [6.07, 6.45) is 1.87. The third-order valence-corrected chi connectivity index (χ3v) is 6.65. The fraction of sp³-hybridized carbons (Fsp3) is 0.400. The van der Waals surface area contributed by atoms with Gasteiger partial charge in [0, 0.05) is 48.4 Å². The summed E-state index contributed by atoms with van der Waals surface area (Å²) in [5.74, 6) is -1.34. The molecule has 1 atom stereocenters. The molecule has 0 radical (unpaired) electrons. The summed E-state index contributed by atoms with van der Waals surface area (Å²) in [6.45, 7) is 2.21. The molecule has 2 aliphatic rings. The molecule has 1 aliphatic carbocycles. The molecule has 0 spiro atoms. The molecular formula is C25H29N5O5. The summed E-state index contributed by atoms with van der Waals surface area (Å²) in [6, 6.07) is 12.4. The van der Waals surface area contributed by atoms with Crippen molar-refractivity contribution in [1.82, 2.24) is 15.1 Å². The number of hydrogen-bond donors (Lipinski definition) is 2. The van der Waals surface area contributed by atoms with Gasteiger partial charge in [-0.1, -0.05) is 23.8 Å². The molecule has 2 aromatic rings. The number of nitrogens with zero attached hydrogens (tertiary/aromatic N) is 3. The van der Waals surface area contributed by atoms with Gasteiger partial charge in [0.1, 0.15) is 0 Å². The molecule has 0 aromatic heterocycles. The van der Waals surface area contributed by atoms with Gasteiger partial charge in [0.15, 0.2) is 6.17 Å². The highest BCUT2D eigenvalue weighted by molar-refractivity contribution is 6.02. The first-order valence-corrected chi connectivity index (χ1v) is 11.7. The molecule has 184 valence electrons. The quantitative estimate of drug-likeness (QED) is 0.498. The van der Waals surface area contributed by atoms with E-state index in [1.54, 1.807) is 12.1 Å². The van der Waals surface area contributed by atoms with Crippen LogP contribution in [0.5, 0.6) is 0 Å². The fourth-order valence-electron chi connectivity index (χ4n) is 4.66. The second kappa shape index (κ2) is 10.2. The molecule has 35 heavy (non-hydrogen) atoms. The van der Waals surface area contributed by atoms with E-state index < -0.39 is 22.9 Å². The van der Waals surface area contributed by atoms with Gasteiger partial charge in [-0.05, 0) is 50.8 Å². The van der Waals surface area contributed by atoms with Crippen LogP contribution in [0.2, 0.25) is 0 Å². The van der Waals surface area contributed by atoms with Crippen LogP contribution < -0.4 is 11.1 Å². The molecule has 10 heteroatoms. The number of non-ortho nitro benzene ring substituents is 1. The van der Waals surface area contributed by atoms with Crippen molar-refractivity contribution in [2.45, 2.75) is 50.9 Å². The predicted molar refractivity (Wildman–Crippen MR) is 129 cm³/mol. The van der Waals surface area contributed by atoms with E-state index in [1.807, 2.05) is 19.1 Å². The number of nitro groups is 1. The van der Waals surface area contributed by atoms with Gasteiger partial charge in [0.25, 0.3) is 23.4 Å². The molecular weight excluding hydrogens is 450 g/mol. The highest BCUT2D eigenvalue weighted by Crippen LogP contribution is 2.24. The molecule has 1 unspecified atom stereocenters. The third kappa shape index (κ3) is 5.32. The number of nitrogens with one attached hydrogen (secondary N) is 1. The monoisotopic (exact) mass is 479 g/mol. The lowest BCUT2D eigenvalue weighted by atomic mass is 9.92. The first-order chi connectivity index (χ1) is 16.7. The Bertz CT molecular complexity index is 1130.